The van der Waals surface area contributed by atoms with Gasteiger partial charge < -0.3 is 4.42 Å². The average molecular weight is 414 g/mol. The van der Waals surface area contributed by atoms with Gasteiger partial charge in [-0.15, -0.1) is 12.6 Å². The van der Waals surface area contributed by atoms with Crippen LogP contribution >= 0.6 is 12.6 Å². The smallest absolute Gasteiger partial charge is 0.201 e. The van der Waals surface area contributed by atoms with Crippen LogP contribution in [-0.2, 0) is 10.9 Å². The second-order valence-electron chi connectivity index (χ2n) is 6.65. The molecule has 0 atom stereocenters. The Kier molecular flexibility index (Phi) is 4.66. The first-order valence-electron chi connectivity index (χ1n) is 9.26. The van der Waals surface area contributed by atoms with Gasteiger partial charge in [0.1, 0.15) is 22.1 Å². The topological polar surface area (TPSA) is 30.2 Å². The molecule has 0 unspecified atom stereocenters. The van der Waals surface area contributed by atoms with Gasteiger partial charge in [-0.2, -0.15) is 0 Å². The standard InChI is InChI=1S/C25H16O2S2/c26-24-19-13-7-8-14-20(19)27-21-15-16-22(25(28)23(21)24)29(17-9-3-1-4-10-17)18-11-5-2-6-12-18/h1-16H/p+1. The Bertz CT molecular complexity index is 1340. The van der Waals surface area contributed by atoms with Crippen LogP contribution < -0.4 is 5.43 Å². The number of thiol groups is 1. The lowest BCUT2D eigenvalue weighted by atomic mass is 10.1. The zero-order valence-electron chi connectivity index (χ0n) is 15.4. The van der Waals surface area contributed by atoms with E-state index in [4.69, 9.17) is 17.0 Å². The zero-order chi connectivity index (χ0) is 19.8. The van der Waals surface area contributed by atoms with E-state index in [0.29, 0.717) is 26.8 Å². The maximum Gasteiger partial charge on any atom is 0.201 e. The van der Waals surface area contributed by atoms with E-state index in [9.17, 15) is 4.79 Å². The second-order valence-corrected chi connectivity index (χ2v) is 9.09. The third-order valence-corrected chi connectivity index (χ3v) is 7.74. The highest BCUT2D eigenvalue weighted by atomic mass is 32.2. The fourth-order valence-corrected chi connectivity index (χ4v) is 6.22. The van der Waals surface area contributed by atoms with Crippen molar-refractivity contribution >= 4 is 45.5 Å². The molecule has 0 saturated carbocycles. The molecule has 5 rings (SSSR count). The molecular weight excluding hydrogens is 396 g/mol. The van der Waals surface area contributed by atoms with E-state index in [1.807, 2.05) is 66.7 Å². The van der Waals surface area contributed by atoms with E-state index in [0.717, 1.165) is 4.90 Å². The van der Waals surface area contributed by atoms with Crippen molar-refractivity contribution in [2.45, 2.75) is 19.6 Å². The van der Waals surface area contributed by atoms with Crippen molar-refractivity contribution in [1.82, 2.24) is 0 Å². The fourth-order valence-electron chi connectivity index (χ4n) is 3.52. The van der Waals surface area contributed by atoms with Crippen molar-refractivity contribution in [3.05, 3.63) is 107 Å². The van der Waals surface area contributed by atoms with Gasteiger partial charge in [0.05, 0.1) is 15.7 Å². The molecular formula is C25H17O2S2+. The Morgan fingerprint density at radius 3 is 1.90 bits per heavy atom. The van der Waals surface area contributed by atoms with Gasteiger partial charge in [-0.1, -0.05) is 48.5 Å². The summed E-state index contributed by atoms with van der Waals surface area (Å²) in [6.45, 7) is 0. The maximum absolute atomic E-state index is 13.3. The van der Waals surface area contributed by atoms with Crippen LogP contribution in [0.4, 0.5) is 0 Å². The summed E-state index contributed by atoms with van der Waals surface area (Å²) in [6, 6.07) is 31.9. The van der Waals surface area contributed by atoms with Crippen LogP contribution in [-0.4, -0.2) is 0 Å². The van der Waals surface area contributed by atoms with Gasteiger partial charge in [-0.25, -0.2) is 0 Å². The van der Waals surface area contributed by atoms with Crippen LogP contribution in [0.5, 0.6) is 0 Å². The van der Waals surface area contributed by atoms with Crippen LogP contribution in [0.2, 0.25) is 0 Å². The lowest BCUT2D eigenvalue weighted by Gasteiger charge is -2.11. The van der Waals surface area contributed by atoms with Crippen molar-refractivity contribution in [2.24, 2.45) is 0 Å². The number of fused-ring (bicyclic) bond motifs is 2. The molecule has 0 aliphatic rings. The summed E-state index contributed by atoms with van der Waals surface area (Å²) in [6.07, 6.45) is 0. The number of rotatable bonds is 3. The maximum atomic E-state index is 13.3. The number of benzene rings is 4. The summed E-state index contributed by atoms with van der Waals surface area (Å²) in [5, 5.41) is 1.11. The van der Waals surface area contributed by atoms with Gasteiger partial charge in [0.2, 0.25) is 5.43 Å². The molecule has 0 aliphatic carbocycles. The van der Waals surface area contributed by atoms with Gasteiger partial charge in [0.15, 0.2) is 14.7 Å². The SMILES string of the molecule is O=c1c2ccccc2oc2ccc([S+](c3ccccc3)c3ccccc3)c(S)c12. The van der Waals surface area contributed by atoms with Crippen molar-refractivity contribution in [2.75, 3.05) is 0 Å². The highest BCUT2D eigenvalue weighted by molar-refractivity contribution is 7.97. The predicted molar refractivity (Wildman–Crippen MR) is 122 cm³/mol. The molecule has 1 heterocycles. The first kappa shape index (κ1) is 18.1. The molecule has 4 heteroatoms. The molecule has 0 bridgehead atoms. The Morgan fingerprint density at radius 1 is 0.655 bits per heavy atom. The van der Waals surface area contributed by atoms with Crippen LogP contribution in [0.1, 0.15) is 0 Å². The molecule has 0 radical (unpaired) electrons. The molecule has 0 saturated heterocycles. The van der Waals surface area contributed by atoms with E-state index in [-0.39, 0.29) is 16.3 Å². The molecule has 2 nitrogen and oxygen atoms in total. The summed E-state index contributed by atoms with van der Waals surface area (Å²) < 4.78 is 6.01. The van der Waals surface area contributed by atoms with E-state index >= 15 is 0 Å². The minimum absolute atomic E-state index is 0.0432. The lowest BCUT2D eigenvalue weighted by molar-refractivity contribution is 0.658. The largest absolute Gasteiger partial charge is 0.456 e. The molecule has 0 spiro atoms. The Labute approximate surface area is 176 Å². The second kappa shape index (κ2) is 7.47. The van der Waals surface area contributed by atoms with Gasteiger partial charge in [0, 0.05) is 0 Å². The molecule has 4 aromatic carbocycles. The monoisotopic (exact) mass is 413 g/mol. The van der Waals surface area contributed by atoms with Crippen LogP contribution in [0.15, 0.2) is 126 Å². The molecule has 0 aliphatic heterocycles. The molecule has 29 heavy (non-hydrogen) atoms. The number of hydrogen-bond acceptors (Lipinski definition) is 3. The average Bonchev–Trinajstić information content (AvgIpc) is 2.77. The third kappa shape index (κ3) is 3.15. The van der Waals surface area contributed by atoms with Crippen LogP contribution in [0, 0.1) is 0 Å². The molecule has 140 valence electrons. The lowest BCUT2D eigenvalue weighted by Crippen LogP contribution is -2.09. The Hall–Kier alpha value is -2.95. The Morgan fingerprint density at radius 2 is 1.24 bits per heavy atom. The first-order chi connectivity index (χ1) is 14.2. The summed E-state index contributed by atoms with van der Waals surface area (Å²) in [7, 11) is -0.381. The van der Waals surface area contributed by atoms with Gasteiger partial charge in [-0.3, -0.25) is 4.79 Å². The Balaban J connectivity index is 1.82. The number of hydrogen-bond donors (Lipinski definition) is 1. The van der Waals surface area contributed by atoms with Crippen molar-refractivity contribution in [3.8, 4) is 0 Å². The first-order valence-corrected chi connectivity index (χ1v) is 10.9. The van der Waals surface area contributed by atoms with Gasteiger partial charge >= 0.3 is 0 Å². The fraction of sp³-hybridized carbons (Fsp3) is 0. The van der Waals surface area contributed by atoms with E-state index in [1.54, 1.807) is 6.07 Å². The van der Waals surface area contributed by atoms with Crippen LogP contribution in [0.25, 0.3) is 21.9 Å². The van der Waals surface area contributed by atoms with E-state index in [2.05, 4.69) is 24.3 Å². The van der Waals surface area contributed by atoms with Gasteiger partial charge in [-0.05, 0) is 48.5 Å². The van der Waals surface area contributed by atoms with Crippen molar-refractivity contribution in [1.29, 1.82) is 0 Å². The molecule has 0 fully saturated rings. The predicted octanol–water partition coefficient (Wildman–Crippen LogP) is 6.33. The minimum Gasteiger partial charge on any atom is -0.456 e. The summed E-state index contributed by atoms with van der Waals surface area (Å²) >= 11 is 4.85. The van der Waals surface area contributed by atoms with Crippen molar-refractivity contribution in [3.63, 3.8) is 0 Å². The quantitative estimate of drug-likeness (QED) is 0.213. The normalized spacial score (nSPS) is 11.4. The summed E-state index contributed by atoms with van der Waals surface area (Å²) in [4.78, 5) is 17.3. The molecule has 0 amide bonds. The zero-order valence-corrected chi connectivity index (χ0v) is 17.1. The molecule has 0 N–H and O–H groups in total. The van der Waals surface area contributed by atoms with Gasteiger partial charge in [0.25, 0.3) is 0 Å². The van der Waals surface area contributed by atoms with Crippen molar-refractivity contribution < 1.29 is 4.42 Å². The minimum atomic E-state index is -0.381. The van der Waals surface area contributed by atoms with E-state index in [1.165, 1.54) is 9.79 Å². The summed E-state index contributed by atoms with van der Waals surface area (Å²) in [5.74, 6) is 0. The molecule has 5 aromatic rings. The highest BCUT2D eigenvalue weighted by Crippen LogP contribution is 2.37. The number of para-hydroxylation sites is 1. The highest BCUT2D eigenvalue weighted by Gasteiger charge is 2.32. The third-order valence-electron chi connectivity index (χ3n) is 4.86. The van der Waals surface area contributed by atoms with Crippen LogP contribution in [0.3, 0.4) is 0 Å². The van der Waals surface area contributed by atoms with E-state index < -0.39 is 0 Å². The molecule has 1 aromatic heterocycles. The summed E-state index contributed by atoms with van der Waals surface area (Å²) in [5.41, 5.74) is 1.11.